The third-order valence-corrected chi connectivity index (χ3v) is 20.1. The van der Waals surface area contributed by atoms with Crippen LogP contribution in [-0.2, 0) is 0 Å². The molecule has 58 heavy (non-hydrogen) atoms. The maximum atomic E-state index is 2.52. The highest BCUT2D eigenvalue weighted by atomic mass is 28.3. The quantitative estimate of drug-likeness (QED) is 0.130. The summed E-state index contributed by atoms with van der Waals surface area (Å²) in [5.41, 5.74) is 12.5. The van der Waals surface area contributed by atoms with Crippen LogP contribution in [0.5, 0.6) is 0 Å². The van der Waals surface area contributed by atoms with Gasteiger partial charge in [0.1, 0.15) is 16.1 Å². The molecule has 0 saturated heterocycles. The summed E-state index contributed by atoms with van der Waals surface area (Å²) in [5, 5.41) is 10.9. The van der Waals surface area contributed by atoms with Crippen LogP contribution in [0.25, 0.3) is 43.8 Å². The Morgan fingerprint density at radius 3 is 0.914 bits per heavy atom. The number of rotatable bonds is 4. The molecule has 0 amide bonds. The van der Waals surface area contributed by atoms with Crippen LogP contribution in [0.4, 0.5) is 34.1 Å². The first kappa shape index (κ1) is 34.8. The van der Waals surface area contributed by atoms with Gasteiger partial charge < -0.3 is 9.80 Å². The van der Waals surface area contributed by atoms with E-state index < -0.39 is 16.1 Å². The summed E-state index contributed by atoms with van der Waals surface area (Å²) in [5.74, 6) is 0. The summed E-state index contributed by atoms with van der Waals surface area (Å²) in [6, 6.07) is 72.9. The molecule has 0 saturated carbocycles. The lowest BCUT2D eigenvalue weighted by atomic mass is 9.85. The van der Waals surface area contributed by atoms with Gasteiger partial charge in [0.2, 0.25) is 0 Å². The molecule has 2 nitrogen and oxygen atoms in total. The number of fused-ring (bicyclic) bond motifs is 6. The Hall–Kier alpha value is -6.47. The minimum absolute atomic E-state index is 1.18. The number of hydrogen-bond donors (Lipinski definition) is 0. The zero-order chi connectivity index (χ0) is 39.2. The summed E-state index contributed by atoms with van der Waals surface area (Å²) in [6.07, 6.45) is 0. The smallest absolute Gasteiger partial charge is 0.117 e. The van der Waals surface area contributed by atoms with Crippen LogP contribution in [0, 0.1) is 0 Å². The lowest BCUT2D eigenvalue weighted by Gasteiger charge is -2.41. The Morgan fingerprint density at radius 1 is 0.293 bits per heavy atom. The first-order valence-corrected chi connectivity index (χ1v) is 26.4. The first-order chi connectivity index (χ1) is 28.3. The Balaban J connectivity index is 1.22. The fourth-order valence-corrected chi connectivity index (χ4v) is 16.2. The van der Waals surface area contributed by atoms with Gasteiger partial charge in [0, 0.05) is 34.1 Å². The molecule has 9 aromatic carbocycles. The fraction of sp³-hybridized carbons (Fsp3) is 0.0741. The second-order valence-corrected chi connectivity index (χ2v) is 25.6. The SMILES string of the molecule is C[Si]1(C)c2ccccc2N(c2ccc3c(-c4ccccc4)c4cc(N5c6ccccc6[Si](C)(C)c6ccccc65)ccc4c(-c4ccccc4)c3c2)c2ccccc21. The van der Waals surface area contributed by atoms with Gasteiger partial charge in [-0.15, -0.1) is 0 Å². The van der Waals surface area contributed by atoms with E-state index in [2.05, 4.69) is 230 Å². The van der Waals surface area contributed by atoms with Gasteiger partial charge in [0.15, 0.2) is 0 Å². The van der Waals surface area contributed by atoms with Gasteiger partial charge in [-0.3, -0.25) is 0 Å². The van der Waals surface area contributed by atoms with Crippen molar-refractivity contribution in [3.05, 3.63) is 194 Å². The predicted molar refractivity (Wildman–Crippen MR) is 255 cm³/mol. The molecular formula is C54H44N2Si2. The highest BCUT2D eigenvalue weighted by molar-refractivity contribution is 7.03. The molecule has 0 radical (unpaired) electrons. The van der Waals surface area contributed by atoms with E-state index in [0.29, 0.717) is 0 Å². The van der Waals surface area contributed by atoms with Gasteiger partial charge >= 0.3 is 0 Å². The summed E-state index contributed by atoms with van der Waals surface area (Å²) in [6.45, 7) is 9.97. The zero-order valence-electron chi connectivity index (χ0n) is 33.4. The van der Waals surface area contributed by atoms with E-state index in [9.17, 15) is 0 Å². The largest absolute Gasteiger partial charge is 0.311 e. The molecule has 0 aromatic heterocycles. The Labute approximate surface area is 343 Å². The highest BCUT2D eigenvalue weighted by Gasteiger charge is 2.40. The van der Waals surface area contributed by atoms with Gasteiger partial charge in [-0.25, -0.2) is 0 Å². The molecule has 0 fully saturated rings. The molecule has 0 spiro atoms. The molecule has 0 N–H and O–H groups in total. The molecule has 9 aromatic rings. The first-order valence-electron chi connectivity index (χ1n) is 20.4. The van der Waals surface area contributed by atoms with Crippen molar-refractivity contribution in [1.82, 2.24) is 0 Å². The number of para-hydroxylation sites is 4. The number of nitrogens with zero attached hydrogens (tertiary/aromatic N) is 2. The van der Waals surface area contributed by atoms with Crippen LogP contribution < -0.4 is 30.5 Å². The van der Waals surface area contributed by atoms with Gasteiger partial charge in [-0.1, -0.05) is 172 Å². The van der Waals surface area contributed by atoms with Crippen LogP contribution in [0.1, 0.15) is 0 Å². The van der Waals surface area contributed by atoms with E-state index in [-0.39, 0.29) is 0 Å². The van der Waals surface area contributed by atoms with Gasteiger partial charge in [-0.2, -0.15) is 0 Å². The summed E-state index contributed by atoms with van der Waals surface area (Å²) in [4.78, 5) is 5.03. The Bertz CT molecular complexity index is 2770. The van der Waals surface area contributed by atoms with Crippen LogP contribution >= 0.6 is 0 Å². The molecule has 278 valence electrons. The Kier molecular flexibility index (Phi) is 7.81. The minimum atomic E-state index is -1.93. The average molecular weight is 777 g/mol. The molecule has 2 aliphatic rings. The molecule has 0 aliphatic carbocycles. The zero-order valence-corrected chi connectivity index (χ0v) is 35.4. The Morgan fingerprint density at radius 2 is 0.586 bits per heavy atom. The number of benzene rings is 9. The third kappa shape index (κ3) is 5.08. The van der Waals surface area contributed by atoms with Gasteiger partial charge in [0.25, 0.3) is 0 Å². The fourth-order valence-electron chi connectivity index (χ4n) is 10.2. The molecule has 11 rings (SSSR count). The number of hydrogen-bond acceptors (Lipinski definition) is 2. The molecular weight excluding hydrogens is 733 g/mol. The third-order valence-electron chi connectivity index (χ3n) is 13.0. The lowest BCUT2D eigenvalue weighted by Crippen LogP contribution is -2.58. The second kappa shape index (κ2) is 13.0. The molecule has 2 heterocycles. The van der Waals surface area contributed by atoms with E-state index in [4.69, 9.17) is 0 Å². The van der Waals surface area contributed by atoms with Crippen LogP contribution in [0.15, 0.2) is 194 Å². The average Bonchev–Trinajstić information content (AvgIpc) is 3.26. The van der Waals surface area contributed by atoms with Crippen LogP contribution in [0.2, 0.25) is 26.2 Å². The maximum absolute atomic E-state index is 2.52. The summed E-state index contributed by atoms with van der Waals surface area (Å²) < 4.78 is 0. The molecule has 4 heteroatoms. The van der Waals surface area contributed by atoms with E-state index in [1.54, 1.807) is 0 Å². The van der Waals surface area contributed by atoms with E-state index in [0.717, 1.165) is 0 Å². The van der Waals surface area contributed by atoms with Crippen molar-refractivity contribution >= 4 is 92.6 Å². The van der Waals surface area contributed by atoms with Crippen LogP contribution in [0.3, 0.4) is 0 Å². The van der Waals surface area contributed by atoms with E-state index in [1.807, 2.05) is 0 Å². The van der Waals surface area contributed by atoms with Crippen LogP contribution in [-0.4, -0.2) is 16.1 Å². The van der Waals surface area contributed by atoms with Crippen molar-refractivity contribution in [2.75, 3.05) is 9.80 Å². The van der Waals surface area contributed by atoms with E-state index in [1.165, 1.54) is 98.7 Å². The monoisotopic (exact) mass is 776 g/mol. The van der Waals surface area contributed by atoms with Crippen molar-refractivity contribution in [2.24, 2.45) is 0 Å². The summed E-state index contributed by atoms with van der Waals surface area (Å²) in [7, 11) is -3.86. The highest BCUT2D eigenvalue weighted by Crippen LogP contribution is 2.49. The van der Waals surface area contributed by atoms with Crippen molar-refractivity contribution in [3.8, 4) is 22.3 Å². The normalized spacial score (nSPS) is 14.8. The predicted octanol–water partition coefficient (Wildman–Crippen LogP) is 12.5. The van der Waals surface area contributed by atoms with Crippen molar-refractivity contribution in [3.63, 3.8) is 0 Å². The number of anilines is 6. The minimum Gasteiger partial charge on any atom is -0.311 e. The molecule has 0 atom stereocenters. The van der Waals surface area contributed by atoms with Crippen molar-refractivity contribution < 1.29 is 0 Å². The standard InChI is InChI=1S/C54H44N2Si2/c1-57(2)49-27-15-11-23-45(49)55(46-24-12-16-28-50(46)57)39-31-33-41-43(35-39)53(37-19-7-5-8-20-37)42-34-32-40(36-44(42)54(41)38-21-9-6-10-22-38)56-47-25-13-17-29-51(47)58(3,4)52-30-18-14-26-48(52)56/h5-36H,1-4H3. The van der Waals surface area contributed by atoms with Gasteiger partial charge in [-0.05, 0) is 113 Å². The topological polar surface area (TPSA) is 6.48 Å². The molecule has 2 aliphatic heterocycles. The maximum Gasteiger partial charge on any atom is 0.117 e. The second-order valence-electron chi connectivity index (χ2n) is 16.9. The van der Waals surface area contributed by atoms with E-state index >= 15 is 0 Å². The summed E-state index contributed by atoms with van der Waals surface area (Å²) >= 11 is 0. The molecule has 0 bridgehead atoms. The molecule has 0 unspecified atom stereocenters. The lowest BCUT2D eigenvalue weighted by molar-refractivity contribution is 1.29. The van der Waals surface area contributed by atoms with Crippen molar-refractivity contribution in [2.45, 2.75) is 26.2 Å². The van der Waals surface area contributed by atoms with Crippen molar-refractivity contribution in [1.29, 1.82) is 0 Å². The van der Waals surface area contributed by atoms with Gasteiger partial charge in [0.05, 0.1) is 0 Å².